The number of carbonyl (C=O) groups excluding carboxylic acids is 2. The lowest BCUT2D eigenvalue weighted by atomic mass is 9.89. The topological polar surface area (TPSA) is 84.7 Å². The average Bonchev–Trinajstić information content (AvgIpc) is 3.40. The van der Waals surface area contributed by atoms with E-state index in [0.29, 0.717) is 28.6 Å². The Morgan fingerprint density at radius 1 is 1.03 bits per heavy atom. The van der Waals surface area contributed by atoms with Gasteiger partial charge in [-0.15, -0.1) is 0 Å². The first-order valence-electron chi connectivity index (χ1n) is 12.3. The van der Waals surface area contributed by atoms with Gasteiger partial charge in [0.1, 0.15) is 5.75 Å². The van der Waals surface area contributed by atoms with Gasteiger partial charge in [-0.05, 0) is 73.7 Å². The smallest absolute Gasteiger partial charge is 0.254 e. The molecule has 2 aliphatic carbocycles. The summed E-state index contributed by atoms with van der Waals surface area (Å²) in [4.78, 5) is 28.1. The third-order valence-electron chi connectivity index (χ3n) is 7.16. The minimum atomic E-state index is -0.0834. The Labute approximate surface area is 206 Å². The van der Waals surface area contributed by atoms with Crippen LogP contribution in [-0.2, 0) is 11.3 Å². The molecule has 34 heavy (non-hydrogen) atoms. The van der Waals surface area contributed by atoms with Gasteiger partial charge in [0.15, 0.2) is 0 Å². The zero-order valence-corrected chi connectivity index (χ0v) is 20.5. The first kappa shape index (κ1) is 24.6. The summed E-state index contributed by atoms with van der Waals surface area (Å²) in [6.07, 6.45) is 7.96. The third kappa shape index (κ3) is 5.73. The second-order valence-corrected chi connectivity index (χ2v) is 9.86. The van der Waals surface area contributed by atoms with E-state index < -0.39 is 0 Å². The van der Waals surface area contributed by atoms with Crippen LogP contribution in [-0.4, -0.2) is 35.9 Å². The van der Waals surface area contributed by atoms with E-state index in [0.717, 1.165) is 56.9 Å². The first-order valence-corrected chi connectivity index (χ1v) is 12.6. The summed E-state index contributed by atoms with van der Waals surface area (Å²) in [5.41, 5.74) is 8.58. The van der Waals surface area contributed by atoms with Gasteiger partial charge in [-0.1, -0.05) is 37.3 Å². The van der Waals surface area contributed by atoms with E-state index in [4.69, 9.17) is 22.1 Å². The fourth-order valence-corrected chi connectivity index (χ4v) is 5.33. The molecule has 2 fully saturated rings. The molecule has 3 N–H and O–H groups in total. The molecule has 2 unspecified atom stereocenters. The minimum Gasteiger partial charge on any atom is -0.497 e. The fraction of sp³-hybridized carbons (Fsp3) is 0.481. The van der Waals surface area contributed by atoms with Crippen LogP contribution in [0.4, 0.5) is 5.69 Å². The van der Waals surface area contributed by atoms with E-state index in [1.807, 2.05) is 17.0 Å². The second kappa shape index (κ2) is 11.2. The molecule has 6 nitrogen and oxygen atoms in total. The van der Waals surface area contributed by atoms with Gasteiger partial charge in [-0.25, -0.2) is 0 Å². The van der Waals surface area contributed by atoms with E-state index >= 15 is 0 Å². The molecule has 0 spiro atoms. The molecular weight excluding hydrogens is 450 g/mol. The lowest BCUT2D eigenvalue weighted by molar-refractivity contribution is -0.119. The van der Waals surface area contributed by atoms with Crippen LogP contribution in [0.25, 0.3) is 0 Å². The number of carbonyl (C=O) groups is 2. The highest BCUT2D eigenvalue weighted by molar-refractivity contribution is 6.31. The number of nitrogens with one attached hydrogen (secondary N) is 1. The van der Waals surface area contributed by atoms with Crippen molar-refractivity contribution in [2.24, 2.45) is 11.7 Å². The van der Waals surface area contributed by atoms with Crippen molar-refractivity contribution in [3.63, 3.8) is 0 Å². The monoisotopic (exact) mass is 483 g/mol. The SMILES string of the molecule is COc1ccc(C(=O)N(Cc2cc(NC(=O)C3CCCC3)ccc2Cl)C2CCCCC2N)cc1. The maximum absolute atomic E-state index is 13.7. The average molecular weight is 484 g/mol. The molecule has 0 bridgehead atoms. The number of amides is 2. The van der Waals surface area contributed by atoms with Gasteiger partial charge in [0.2, 0.25) is 5.91 Å². The normalized spacial score (nSPS) is 20.7. The van der Waals surface area contributed by atoms with Crippen LogP contribution in [0.15, 0.2) is 42.5 Å². The molecule has 0 saturated heterocycles. The molecule has 2 aromatic rings. The van der Waals surface area contributed by atoms with E-state index in [1.165, 1.54) is 0 Å². The maximum atomic E-state index is 13.7. The predicted molar refractivity (Wildman–Crippen MR) is 135 cm³/mol. The number of rotatable bonds is 7. The fourth-order valence-electron chi connectivity index (χ4n) is 5.16. The minimum absolute atomic E-state index is 0.0613. The molecular formula is C27H34ClN3O3. The molecule has 0 aromatic heterocycles. The second-order valence-electron chi connectivity index (χ2n) is 9.45. The maximum Gasteiger partial charge on any atom is 0.254 e. The standard InChI is InChI=1S/C27H34ClN3O3/c1-34-22-13-10-19(11-14-22)27(33)31(25-9-5-4-8-24(25)29)17-20-16-21(12-15-23(20)28)30-26(32)18-6-2-3-7-18/h10-16,18,24-25H,2-9,17,29H2,1H3,(H,30,32). The molecule has 7 heteroatoms. The molecule has 2 saturated carbocycles. The highest BCUT2D eigenvalue weighted by Crippen LogP contribution is 2.30. The van der Waals surface area contributed by atoms with Gasteiger partial charge in [0.05, 0.1) is 7.11 Å². The van der Waals surface area contributed by atoms with Gasteiger partial charge in [-0.3, -0.25) is 9.59 Å². The molecule has 0 radical (unpaired) electrons. The van der Waals surface area contributed by atoms with Gasteiger partial charge in [-0.2, -0.15) is 0 Å². The molecule has 182 valence electrons. The number of nitrogens with two attached hydrogens (primary N) is 1. The van der Waals surface area contributed by atoms with Crippen LogP contribution >= 0.6 is 11.6 Å². The zero-order valence-electron chi connectivity index (χ0n) is 19.8. The van der Waals surface area contributed by atoms with E-state index in [-0.39, 0.29) is 29.8 Å². The Morgan fingerprint density at radius 3 is 2.38 bits per heavy atom. The molecule has 2 aliphatic rings. The van der Waals surface area contributed by atoms with Crippen molar-refractivity contribution in [1.82, 2.24) is 4.90 Å². The van der Waals surface area contributed by atoms with Gasteiger partial charge >= 0.3 is 0 Å². The number of hydrogen-bond donors (Lipinski definition) is 2. The summed E-state index contributed by atoms with van der Waals surface area (Å²) in [5, 5.41) is 3.61. The summed E-state index contributed by atoms with van der Waals surface area (Å²) in [7, 11) is 1.60. The summed E-state index contributed by atoms with van der Waals surface area (Å²) in [6, 6.07) is 12.5. The van der Waals surface area contributed by atoms with Gasteiger partial charge < -0.3 is 20.7 Å². The van der Waals surface area contributed by atoms with Crippen LogP contribution < -0.4 is 15.8 Å². The van der Waals surface area contributed by atoms with Crippen molar-refractivity contribution < 1.29 is 14.3 Å². The van der Waals surface area contributed by atoms with Crippen LogP contribution in [0.5, 0.6) is 5.75 Å². The molecule has 2 amide bonds. The zero-order chi connectivity index (χ0) is 24.1. The number of anilines is 1. The Balaban J connectivity index is 1.58. The summed E-state index contributed by atoms with van der Waals surface area (Å²) < 4.78 is 5.24. The number of nitrogens with zero attached hydrogens (tertiary/aromatic N) is 1. The lowest BCUT2D eigenvalue weighted by Gasteiger charge is -2.38. The van der Waals surface area contributed by atoms with E-state index in [1.54, 1.807) is 37.4 Å². The molecule has 2 aromatic carbocycles. The van der Waals surface area contributed by atoms with Crippen LogP contribution in [0.3, 0.4) is 0 Å². The van der Waals surface area contributed by atoms with E-state index in [9.17, 15) is 9.59 Å². The summed E-state index contributed by atoms with van der Waals surface area (Å²) in [6.45, 7) is 0.329. The Morgan fingerprint density at radius 2 is 1.71 bits per heavy atom. The number of methoxy groups -OCH3 is 1. The number of halogens is 1. The number of hydrogen-bond acceptors (Lipinski definition) is 4. The molecule has 2 atom stereocenters. The van der Waals surface area contributed by atoms with Crippen molar-refractivity contribution in [1.29, 1.82) is 0 Å². The van der Waals surface area contributed by atoms with Crippen molar-refractivity contribution in [2.75, 3.05) is 12.4 Å². The first-order chi connectivity index (χ1) is 16.5. The van der Waals surface area contributed by atoms with Crippen LogP contribution in [0.2, 0.25) is 5.02 Å². The predicted octanol–water partition coefficient (Wildman–Crippen LogP) is 5.39. The Hall–Kier alpha value is -2.57. The van der Waals surface area contributed by atoms with E-state index in [2.05, 4.69) is 5.32 Å². The highest BCUT2D eigenvalue weighted by atomic mass is 35.5. The molecule has 0 heterocycles. The van der Waals surface area contributed by atoms with Crippen molar-refractivity contribution in [3.05, 3.63) is 58.6 Å². The van der Waals surface area contributed by atoms with Gasteiger partial charge in [0.25, 0.3) is 5.91 Å². The Bertz CT molecular complexity index is 1000. The molecule has 0 aliphatic heterocycles. The number of benzene rings is 2. The quantitative estimate of drug-likeness (QED) is 0.553. The lowest BCUT2D eigenvalue weighted by Crippen LogP contribution is -2.51. The summed E-state index contributed by atoms with van der Waals surface area (Å²) in [5.74, 6) is 0.756. The highest BCUT2D eigenvalue weighted by Gasteiger charge is 2.32. The van der Waals surface area contributed by atoms with Crippen molar-refractivity contribution in [2.45, 2.75) is 70.0 Å². The summed E-state index contributed by atoms with van der Waals surface area (Å²) >= 11 is 6.57. The third-order valence-corrected chi connectivity index (χ3v) is 7.53. The Kier molecular flexibility index (Phi) is 8.11. The number of ether oxygens (including phenoxy) is 1. The van der Waals surface area contributed by atoms with Crippen molar-refractivity contribution >= 4 is 29.1 Å². The van der Waals surface area contributed by atoms with Crippen molar-refractivity contribution in [3.8, 4) is 5.75 Å². The van der Waals surface area contributed by atoms with Crippen LogP contribution in [0.1, 0.15) is 67.3 Å². The van der Waals surface area contributed by atoms with Gasteiger partial charge in [0, 0.05) is 40.8 Å². The molecule has 4 rings (SSSR count). The largest absolute Gasteiger partial charge is 0.497 e. The van der Waals surface area contributed by atoms with Crippen LogP contribution in [0, 0.1) is 5.92 Å².